The molecule has 5 nitrogen and oxygen atoms in total. The first-order chi connectivity index (χ1) is 12.0. The fourth-order valence-electron chi connectivity index (χ4n) is 2.80. The summed E-state index contributed by atoms with van der Waals surface area (Å²) < 4.78 is 7.66. The second kappa shape index (κ2) is 7.33. The summed E-state index contributed by atoms with van der Waals surface area (Å²) in [6.07, 6.45) is 0. The lowest BCUT2D eigenvalue weighted by molar-refractivity contribution is 0.0942. The molecule has 0 aliphatic carbocycles. The first-order valence-corrected chi connectivity index (χ1v) is 8.59. The topological polar surface area (TPSA) is 50.4 Å². The van der Waals surface area contributed by atoms with Crippen molar-refractivity contribution >= 4 is 28.6 Å². The van der Waals surface area contributed by atoms with Crippen LogP contribution >= 0.6 is 11.6 Å². The van der Waals surface area contributed by atoms with Crippen molar-refractivity contribution < 1.29 is 9.21 Å². The number of aromatic nitrogens is 1. The maximum Gasteiger partial charge on any atom is 0.268 e. The van der Waals surface area contributed by atoms with Gasteiger partial charge in [0.15, 0.2) is 5.58 Å². The minimum absolute atomic E-state index is 0.113. The second-order valence-electron chi connectivity index (χ2n) is 6.37. The smallest absolute Gasteiger partial charge is 0.268 e. The molecule has 0 spiro atoms. The molecule has 3 aromatic rings. The van der Waals surface area contributed by atoms with Crippen molar-refractivity contribution in [3.63, 3.8) is 0 Å². The standard InChI is InChI=1S/C19H22ClN3O2/c1-13-10-16-18(25-13)11-17(19(24)21-8-9-22(2)3)23(16)12-14-6-4-5-7-15(14)20/h4-7,10-11H,8-9,12H2,1-3H3,(H,21,24). The van der Waals surface area contributed by atoms with Crippen LogP contribution in [0.3, 0.4) is 0 Å². The van der Waals surface area contributed by atoms with Crippen molar-refractivity contribution in [1.29, 1.82) is 0 Å². The number of amides is 1. The van der Waals surface area contributed by atoms with Gasteiger partial charge in [-0.1, -0.05) is 29.8 Å². The molecule has 0 saturated carbocycles. The highest BCUT2D eigenvalue weighted by Crippen LogP contribution is 2.26. The molecule has 0 aliphatic heterocycles. The molecule has 0 atom stereocenters. The SMILES string of the molecule is Cc1cc2c(cc(C(=O)NCCN(C)C)n2Cc2ccccc2Cl)o1. The molecule has 1 amide bonds. The number of benzene rings is 1. The number of rotatable bonds is 6. The molecule has 2 aromatic heterocycles. The van der Waals surface area contributed by atoms with Gasteiger partial charge in [-0.3, -0.25) is 4.79 Å². The third-order valence-electron chi connectivity index (χ3n) is 4.08. The maximum absolute atomic E-state index is 12.6. The molecule has 132 valence electrons. The summed E-state index contributed by atoms with van der Waals surface area (Å²) >= 11 is 6.31. The van der Waals surface area contributed by atoms with Crippen molar-refractivity contribution in [2.24, 2.45) is 0 Å². The summed E-state index contributed by atoms with van der Waals surface area (Å²) in [5.74, 6) is 0.704. The molecule has 0 saturated heterocycles. The van der Waals surface area contributed by atoms with Gasteiger partial charge in [-0.05, 0) is 32.6 Å². The molecule has 0 unspecified atom stereocenters. The number of hydrogen-bond acceptors (Lipinski definition) is 3. The average Bonchev–Trinajstić information content (AvgIpc) is 3.06. The van der Waals surface area contributed by atoms with Crippen molar-refractivity contribution in [2.75, 3.05) is 27.2 Å². The van der Waals surface area contributed by atoms with Crippen molar-refractivity contribution in [3.8, 4) is 0 Å². The van der Waals surface area contributed by atoms with Gasteiger partial charge in [0.05, 0.1) is 5.52 Å². The first-order valence-electron chi connectivity index (χ1n) is 8.21. The zero-order chi connectivity index (χ0) is 18.0. The number of carbonyl (C=O) groups is 1. The Morgan fingerprint density at radius 1 is 1.28 bits per heavy atom. The van der Waals surface area contributed by atoms with E-state index in [0.717, 1.165) is 23.4 Å². The van der Waals surface area contributed by atoms with Gasteiger partial charge in [0, 0.05) is 36.8 Å². The average molecular weight is 360 g/mol. The highest BCUT2D eigenvalue weighted by atomic mass is 35.5. The normalized spacial score (nSPS) is 11.4. The zero-order valence-corrected chi connectivity index (χ0v) is 15.4. The van der Waals surface area contributed by atoms with Gasteiger partial charge in [0.25, 0.3) is 5.91 Å². The zero-order valence-electron chi connectivity index (χ0n) is 14.7. The maximum atomic E-state index is 12.6. The number of furan rings is 1. The number of likely N-dealkylation sites (N-methyl/N-ethyl adjacent to an activating group) is 1. The van der Waals surface area contributed by atoms with Crippen molar-refractivity contribution in [2.45, 2.75) is 13.5 Å². The predicted octanol–water partition coefficient (Wildman–Crippen LogP) is 3.54. The van der Waals surface area contributed by atoms with E-state index in [9.17, 15) is 4.79 Å². The van der Waals surface area contributed by atoms with E-state index >= 15 is 0 Å². The molecule has 1 N–H and O–H groups in total. The fraction of sp³-hybridized carbons (Fsp3) is 0.316. The second-order valence-corrected chi connectivity index (χ2v) is 6.78. The van der Waals surface area contributed by atoms with Crippen LogP contribution in [0.15, 0.2) is 40.8 Å². The summed E-state index contributed by atoms with van der Waals surface area (Å²) in [5.41, 5.74) is 3.15. The molecule has 0 bridgehead atoms. The van der Waals surface area contributed by atoms with Crippen molar-refractivity contribution in [3.05, 3.63) is 58.4 Å². The molecular weight excluding hydrogens is 338 g/mol. The summed E-state index contributed by atoms with van der Waals surface area (Å²) in [6, 6.07) is 11.4. The highest BCUT2D eigenvalue weighted by molar-refractivity contribution is 6.31. The van der Waals surface area contributed by atoms with Gasteiger partial charge in [0.1, 0.15) is 11.5 Å². The Bertz CT molecular complexity index is 895. The highest BCUT2D eigenvalue weighted by Gasteiger charge is 2.19. The number of carbonyl (C=O) groups excluding carboxylic acids is 1. The Balaban J connectivity index is 1.93. The number of halogens is 1. The van der Waals surface area contributed by atoms with E-state index in [1.807, 2.05) is 60.8 Å². The van der Waals surface area contributed by atoms with Crippen molar-refractivity contribution in [1.82, 2.24) is 14.8 Å². The number of fused-ring (bicyclic) bond motifs is 1. The molecule has 3 rings (SSSR count). The van der Waals surface area contributed by atoms with Gasteiger partial charge in [-0.2, -0.15) is 0 Å². The van der Waals surface area contributed by atoms with Crippen LogP contribution in [0.4, 0.5) is 0 Å². The number of aryl methyl sites for hydroxylation is 1. The van der Waals surface area contributed by atoms with E-state index in [0.29, 0.717) is 29.4 Å². The number of nitrogens with zero attached hydrogens (tertiary/aromatic N) is 2. The summed E-state index contributed by atoms with van der Waals surface area (Å²) in [6.45, 7) is 3.78. The van der Waals surface area contributed by atoms with Gasteiger partial charge in [-0.25, -0.2) is 0 Å². The Hall–Kier alpha value is -2.24. The van der Waals surface area contributed by atoms with E-state index in [4.69, 9.17) is 16.0 Å². The van der Waals surface area contributed by atoms with E-state index in [2.05, 4.69) is 5.32 Å². The molecule has 6 heteroatoms. The van der Waals surface area contributed by atoms with E-state index in [1.165, 1.54) is 0 Å². The Labute approximate surface area is 152 Å². The van der Waals surface area contributed by atoms with E-state index in [1.54, 1.807) is 6.07 Å². The summed E-state index contributed by atoms with van der Waals surface area (Å²) in [7, 11) is 3.95. The third-order valence-corrected chi connectivity index (χ3v) is 4.45. The van der Waals surface area contributed by atoms with Crippen LogP contribution in [0.1, 0.15) is 21.8 Å². The fourth-order valence-corrected chi connectivity index (χ4v) is 3.00. The molecule has 0 aliphatic rings. The van der Waals surface area contributed by atoms with Crippen LogP contribution in [0.25, 0.3) is 11.1 Å². The molecule has 1 aromatic carbocycles. The van der Waals surface area contributed by atoms with Gasteiger partial charge < -0.3 is 19.2 Å². The van der Waals surface area contributed by atoms with Crippen LogP contribution in [0, 0.1) is 6.92 Å². The molecule has 0 radical (unpaired) electrons. The van der Waals surface area contributed by atoms with E-state index in [-0.39, 0.29) is 5.91 Å². The lowest BCUT2D eigenvalue weighted by Gasteiger charge is -2.13. The largest absolute Gasteiger partial charge is 0.460 e. The van der Waals surface area contributed by atoms with Gasteiger partial charge >= 0.3 is 0 Å². The Morgan fingerprint density at radius 3 is 2.76 bits per heavy atom. The summed E-state index contributed by atoms with van der Waals surface area (Å²) in [5, 5.41) is 3.64. The Kier molecular flexibility index (Phi) is 5.16. The Morgan fingerprint density at radius 2 is 2.04 bits per heavy atom. The molecule has 2 heterocycles. The molecular formula is C19H22ClN3O2. The van der Waals surface area contributed by atoms with Crippen LogP contribution in [-0.4, -0.2) is 42.6 Å². The summed E-state index contributed by atoms with van der Waals surface area (Å²) in [4.78, 5) is 14.7. The van der Waals surface area contributed by atoms with Gasteiger partial charge in [0.2, 0.25) is 0 Å². The third kappa shape index (κ3) is 3.89. The first kappa shape index (κ1) is 17.6. The van der Waals surface area contributed by atoms with Gasteiger partial charge in [-0.15, -0.1) is 0 Å². The monoisotopic (exact) mass is 359 g/mol. The van der Waals surface area contributed by atoms with Crippen LogP contribution in [0.2, 0.25) is 5.02 Å². The minimum atomic E-state index is -0.113. The van der Waals surface area contributed by atoms with E-state index < -0.39 is 0 Å². The van der Waals surface area contributed by atoms with Crippen LogP contribution in [-0.2, 0) is 6.54 Å². The van der Waals surface area contributed by atoms with Crippen LogP contribution < -0.4 is 5.32 Å². The predicted molar refractivity (Wildman–Crippen MR) is 100 cm³/mol. The molecule has 25 heavy (non-hydrogen) atoms. The quantitative estimate of drug-likeness (QED) is 0.732. The van der Waals surface area contributed by atoms with Crippen LogP contribution in [0.5, 0.6) is 0 Å². The number of hydrogen-bond donors (Lipinski definition) is 1. The number of nitrogens with one attached hydrogen (secondary N) is 1. The lowest BCUT2D eigenvalue weighted by Crippen LogP contribution is -2.32. The molecule has 0 fully saturated rings. The minimum Gasteiger partial charge on any atom is -0.460 e. The lowest BCUT2D eigenvalue weighted by atomic mass is 10.2.